The van der Waals surface area contributed by atoms with Crippen LogP contribution in [0.2, 0.25) is 0 Å². The molecule has 0 bridgehead atoms. The van der Waals surface area contributed by atoms with E-state index in [-0.39, 0.29) is 0 Å². The molecule has 0 spiro atoms. The van der Waals surface area contributed by atoms with Crippen LogP contribution < -0.4 is 10.1 Å². The predicted molar refractivity (Wildman–Crippen MR) is 80.5 cm³/mol. The third kappa shape index (κ3) is 3.44. The highest BCUT2D eigenvalue weighted by Gasteiger charge is 2.07. The third-order valence-electron chi connectivity index (χ3n) is 2.49. The molecule has 1 N–H and O–H groups in total. The zero-order valence-corrected chi connectivity index (χ0v) is 12.6. The molecule has 0 aliphatic rings. The van der Waals surface area contributed by atoms with Crippen LogP contribution in [0.5, 0.6) is 5.75 Å². The third-order valence-corrected chi connectivity index (χ3v) is 3.07. The first-order chi connectivity index (χ1) is 9.24. The van der Waals surface area contributed by atoms with Crippen LogP contribution in [0.15, 0.2) is 34.9 Å². The predicted octanol–water partition coefficient (Wildman–Crippen LogP) is 3.74. The van der Waals surface area contributed by atoms with Gasteiger partial charge in [-0.2, -0.15) is 0 Å². The van der Waals surface area contributed by atoms with Gasteiger partial charge in [-0.3, -0.25) is 0 Å². The minimum absolute atomic E-state index is 0.646. The maximum atomic E-state index is 5.49. The quantitative estimate of drug-likeness (QED) is 0.911. The Bertz CT molecular complexity index is 560. The van der Waals surface area contributed by atoms with Gasteiger partial charge in [-0.15, -0.1) is 0 Å². The van der Waals surface area contributed by atoms with Gasteiger partial charge in [-0.25, -0.2) is 9.97 Å². The van der Waals surface area contributed by atoms with Crippen LogP contribution in [0.25, 0.3) is 11.4 Å². The average molecular weight is 322 g/mol. The SMILES string of the molecule is CCNc1nc(-c2cccc(OCC)c2)ncc1Br. The number of aromatic nitrogens is 2. The van der Waals surface area contributed by atoms with E-state index in [0.29, 0.717) is 12.4 Å². The largest absolute Gasteiger partial charge is 0.494 e. The maximum absolute atomic E-state index is 5.49. The normalized spacial score (nSPS) is 10.3. The fourth-order valence-corrected chi connectivity index (χ4v) is 2.02. The lowest BCUT2D eigenvalue weighted by Crippen LogP contribution is -2.02. The first-order valence-electron chi connectivity index (χ1n) is 6.24. The Kier molecular flexibility index (Phi) is 4.74. The molecule has 2 rings (SSSR count). The monoisotopic (exact) mass is 321 g/mol. The van der Waals surface area contributed by atoms with Crippen molar-refractivity contribution in [2.45, 2.75) is 13.8 Å². The van der Waals surface area contributed by atoms with Crippen molar-refractivity contribution in [1.29, 1.82) is 0 Å². The van der Waals surface area contributed by atoms with E-state index >= 15 is 0 Å². The van der Waals surface area contributed by atoms with E-state index in [2.05, 4.69) is 31.2 Å². The van der Waals surface area contributed by atoms with E-state index in [4.69, 9.17) is 4.74 Å². The van der Waals surface area contributed by atoms with Gasteiger partial charge in [-0.05, 0) is 41.9 Å². The van der Waals surface area contributed by atoms with Gasteiger partial charge in [0, 0.05) is 18.3 Å². The minimum Gasteiger partial charge on any atom is -0.494 e. The van der Waals surface area contributed by atoms with Crippen molar-refractivity contribution in [2.75, 3.05) is 18.5 Å². The summed E-state index contributed by atoms with van der Waals surface area (Å²) >= 11 is 3.43. The summed E-state index contributed by atoms with van der Waals surface area (Å²) in [6.07, 6.45) is 1.76. The number of hydrogen-bond acceptors (Lipinski definition) is 4. The van der Waals surface area contributed by atoms with Gasteiger partial charge in [-0.1, -0.05) is 12.1 Å². The van der Waals surface area contributed by atoms with Crippen molar-refractivity contribution in [3.05, 3.63) is 34.9 Å². The molecule has 0 fully saturated rings. The lowest BCUT2D eigenvalue weighted by molar-refractivity contribution is 0.340. The molecule has 19 heavy (non-hydrogen) atoms. The summed E-state index contributed by atoms with van der Waals surface area (Å²) in [4.78, 5) is 8.85. The van der Waals surface area contributed by atoms with Crippen molar-refractivity contribution >= 4 is 21.7 Å². The van der Waals surface area contributed by atoms with Gasteiger partial charge in [0.25, 0.3) is 0 Å². The van der Waals surface area contributed by atoms with E-state index in [1.54, 1.807) is 6.20 Å². The zero-order valence-electron chi connectivity index (χ0n) is 11.0. The number of hydrogen-bond donors (Lipinski definition) is 1. The summed E-state index contributed by atoms with van der Waals surface area (Å²) < 4.78 is 6.35. The number of rotatable bonds is 5. The zero-order chi connectivity index (χ0) is 13.7. The molecule has 0 saturated heterocycles. The van der Waals surface area contributed by atoms with Crippen molar-refractivity contribution < 1.29 is 4.74 Å². The molecule has 0 unspecified atom stereocenters. The van der Waals surface area contributed by atoms with Crippen LogP contribution in [0, 0.1) is 0 Å². The smallest absolute Gasteiger partial charge is 0.161 e. The summed E-state index contributed by atoms with van der Waals surface area (Å²) in [6.45, 7) is 5.46. The molecule has 1 aromatic heterocycles. The molecule has 0 amide bonds. The molecular weight excluding hydrogens is 306 g/mol. The van der Waals surface area contributed by atoms with Gasteiger partial charge in [0.1, 0.15) is 11.6 Å². The van der Waals surface area contributed by atoms with E-state index in [0.717, 1.165) is 28.1 Å². The molecule has 0 aliphatic carbocycles. The molecule has 5 heteroatoms. The Morgan fingerprint density at radius 2 is 2.16 bits per heavy atom. The summed E-state index contributed by atoms with van der Waals surface area (Å²) in [7, 11) is 0. The number of anilines is 1. The Morgan fingerprint density at radius 3 is 2.89 bits per heavy atom. The second kappa shape index (κ2) is 6.52. The first kappa shape index (κ1) is 13.8. The number of ether oxygens (including phenoxy) is 1. The van der Waals surface area contributed by atoms with Gasteiger partial charge in [0.15, 0.2) is 5.82 Å². The van der Waals surface area contributed by atoms with Gasteiger partial charge < -0.3 is 10.1 Å². The van der Waals surface area contributed by atoms with Crippen molar-refractivity contribution in [1.82, 2.24) is 9.97 Å². The molecule has 1 heterocycles. The molecule has 0 saturated carbocycles. The Hall–Kier alpha value is -1.62. The molecule has 2 aromatic rings. The van der Waals surface area contributed by atoms with E-state index in [1.807, 2.05) is 38.1 Å². The fraction of sp³-hybridized carbons (Fsp3) is 0.286. The highest BCUT2D eigenvalue weighted by Crippen LogP contribution is 2.25. The number of benzene rings is 1. The second-order valence-corrected chi connectivity index (χ2v) is 4.74. The van der Waals surface area contributed by atoms with Crippen LogP contribution in [-0.2, 0) is 0 Å². The second-order valence-electron chi connectivity index (χ2n) is 3.88. The maximum Gasteiger partial charge on any atom is 0.161 e. The lowest BCUT2D eigenvalue weighted by Gasteiger charge is -2.08. The summed E-state index contributed by atoms with van der Waals surface area (Å²) in [5.74, 6) is 2.31. The molecule has 0 aliphatic heterocycles. The molecule has 0 atom stereocenters. The van der Waals surface area contributed by atoms with Crippen LogP contribution in [0.4, 0.5) is 5.82 Å². The molecule has 1 aromatic carbocycles. The van der Waals surface area contributed by atoms with E-state index in [1.165, 1.54) is 0 Å². The van der Waals surface area contributed by atoms with Crippen molar-refractivity contribution in [3.8, 4) is 17.1 Å². The number of nitrogens with one attached hydrogen (secondary N) is 1. The Balaban J connectivity index is 2.35. The summed E-state index contributed by atoms with van der Waals surface area (Å²) in [5, 5.41) is 3.20. The minimum atomic E-state index is 0.646. The highest BCUT2D eigenvalue weighted by atomic mass is 79.9. The molecule has 100 valence electrons. The topological polar surface area (TPSA) is 47.0 Å². The van der Waals surface area contributed by atoms with Gasteiger partial charge in [0.2, 0.25) is 0 Å². The van der Waals surface area contributed by atoms with Gasteiger partial charge in [0.05, 0.1) is 11.1 Å². The molecular formula is C14H16BrN3O. The number of nitrogens with zero attached hydrogens (tertiary/aromatic N) is 2. The standard InChI is InChI=1S/C14H16BrN3O/c1-3-16-14-12(15)9-17-13(18-14)10-6-5-7-11(8-10)19-4-2/h5-9H,3-4H2,1-2H3,(H,16,17,18). The first-order valence-corrected chi connectivity index (χ1v) is 7.03. The molecule has 0 radical (unpaired) electrons. The lowest BCUT2D eigenvalue weighted by atomic mass is 10.2. The van der Waals surface area contributed by atoms with Crippen molar-refractivity contribution in [2.24, 2.45) is 0 Å². The highest BCUT2D eigenvalue weighted by molar-refractivity contribution is 9.10. The van der Waals surface area contributed by atoms with Gasteiger partial charge >= 0.3 is 0 Å². The van der Waals surface area contributed by atoms with Crippen LogP contribution in [0.3, 0.4) is 0 Å². The van der Waals surface area contributed by atoms with E-state index < -0.39 is 0 Å². The van der Waals surface area contributed by atoms with Crippen LogP contribution >= 0.6 is 15.9 Å². The van der Waals surface area contributed by atoms with Crippen molar-refractivity contribution in [3.63, 3.8) is 0 Å². The average Bonchev–Trinajstić information content (AvgIpc) is 2.42. The summed E-state index contributed by atoms with van der Waals surface area (Å²) in [6, 6.07) is 7.79. The van der Waals surface area contributed by atoms with Crippen LogP contribution in [-0.4, -0.2) is 23.1 Å². The van der Waals surface area contributed by atoms with E-state index in [9.17, 15) is 0 Å². The van der Waals surface area contributed by atoms with Crippen LogP contribution in [0.1, 0.15) is 13.8 Å². The Labute approximate surface area is 121 Å². The Morgan fingerprint density at radius 1 is 1.32 bits per heavy atom. The fourth-order valence-electron chi connectivity index (χ4n) is 1.69. The molecule has 4 nitrogen and oxygen atoms in total. The number of halogens is 1. The summed E-state index contributed by atoms with van der Waals surface area (Å²) in [5.41, 5.74) is 0.942.